The monoisotopic (exact) mass is 420 g/mol. The van der Waals surface area contributed by atoms with E-state index in [9.17, 15) is 9.18 Å². The second kappa shape index (κ2) is 7.42. The molecule has 0 atom stereocenters. The predicted molar refractivity (Wildman–Crippen MR) is 116 cm³/mol. The zero-order valence-electron chi connectivity index (χ0n) is 16.9. The molecule has 1 aliphatic carbocycles. The Kier molecular flexibility index (Phi) is 4.58. The van der Waals surface area contributed by atoms with E-state index in [2.05, 4.69) is 27.6 Å². The summed E-state index contributed by atoms with van der Waals surface area (Å²) in [4.78, 5) is 16.4. The Morgan fingerprint density at radius 2 is 2.19 bits per heavy atom. The molecule has 3 N–H and O–H groups in total. The molecule has 1 saturated carbocycles. The van der Waals surface area contributed by atoms with Crippen molar-refractivity contribution >= 4 is 35.0 Å². The Morgan fingerprint density at radius 3 is 2.90 bits per heavy atom. The van der Waals surface area contributed by atoms with Gasteiger partial charge in [-0.05, 0) is 36.6 Å². The summed E-state index contributed by atoms with van der Waals surface area (Å²) < 4.78 is 20.6. The topological polar surface area (TPSA) is 92.6 Å². The van der Waals surface area contributed by atoms with E-state index in [4.69, 9.17) is 9.72 Å². The van der Waals surface area contributed by atoms with Crippen LogP contribution in [-0.4, -0.2) is 33.7 Å². The fourth-order valence-electron chi connectivity index (χ4n) is 3.47. The molecule has 1 saturated heterocycles. The third-order valence-electron chi connectivity index (χ3n) is 5.21. The van der Waals surface area contributed by atoms with E-state index >= 15 is 0 Å². The van der Waals surface area contributed by atoms with Gasteiger partial charge < -0.3 is 20.7 Å². The second-order valence-electron chi connectivity index (χ2n) is 7.63. The standard InChI is InChI=1S/C22H21FN6O2/c1-12-13(8-21(30)25-12)7-14-11-24-29-20(27-15-3-4-15)10-19(28-22(14)29)26-16-5-6-17(23)18(9-16)31-2/h5-7,9-11,15,27H,1,3-4,8H2,2H3,(H,25,30)(H,26,28)/b13-7+. The van der Waals surface area contributed by atoms with Gasteiger partial charge >= 0.3 is 0 Å². The summed E-state index contributed by atoms with van der Waals surface area (Å²) in [7, 11) is 1.42. The van der Waals surface area contributed by atoms with Gasteiger partial charge in [0, 0.05) is 35.1 Å². The lowest BCUT2D eigenvalue weighted by Crippen LogP contribution is -2.10. The molecule has 2 aliphatic rings. The van der Waals surface area contributed by atoms with Gasteiger partial charge in [0.15, 0.2) is 17.2 Å². The number of carbonyl (C=O) groups excluding carboxylic acids is 1. The van der Waals surface area contributed by atoms with Crippen LogP contribution < -0.4 is 20.7 Å². The van der Waals surface area contributed by atoms with Crippen molar-refractivity contribution in [3.8, 4) is 5.75 Å². The third kappa shape index (κ3) is 3.81. The molecule has 1 amide bonds. The number of hydrogen-bond donors (Lipinski definition) is 3. The van der Waals surface area contributed by atoms with Crippen molar-refractivity contribution in [3.05, 3.63) is 59.7 Å². The van der Waals surface area contributed by atoms with Crippen LogP contribution in [0.2, 0.25) is 0 Å². The van der Waals surface area contributed by atoms with Gasteiger partial charge in [-0.1, -0.05) is 6.58 Å². The fraction of sp³-hybridized carbons (Fsp3) is 0.227. The highest BCUT2D eigenvalue weighted by molar-refractivity contribution is 5.89. The lowest BCUT2D eigenvalue weighted by atomic mass is 10.1. The van der Waals surface area contributed by atoms with Crippen LogP contribution in [0.15, 0.2) is 48.3 Å². The lowest BCUT2D eigenvalue weighted by molar-refractivity contribution is -0.118. The molecular formula is C22H21FN6O2. The number of carbonyl (C=O) groups is 1. The van der Waals surface area contributed by atoms with Crippen molar-refractivity contribution in [3.63, 3.8) is 0 Å². The molecule has 1 aliphatic heterocycles. The number of methoxy groups -OCH3 is 1. The maximum Gasteiger partial charge on any atom is 0.228 e. The van der Waals surface area contributed by atoms with Gasteiger partial charge in [0.05, 0.1) is 19.7 Å². The van der Waals surface area contributed by atoms with E-state index in [1.807, 2.05) is 12.1 Å². The fourth-order valence-corrected chi connectivity index (χ4v) is 3.47. The van der Waals surface area contributed by atoms with Crippen molar-refractivity contribution in [1.82, 2.24) is 19.9 Å². The van der Waals surface area contributed by atoms with Crippen LogP contribution in [0.5, 0.6) is 5.75 Å². The van der Waals surface area contributed by atoms with Gasteiger partial charge in [-0.2, -0.15) is 9.61 Å². The third-order valence-corrected chi connectivity index (χ3v) is 5.21. The summed E-state index contributed by atoms with van der Waals surface area (Å²) >= 11 is 0. The normalized spacial score (nSPS) is 17.3. The Bertz CT molecular complexity index is 1240. The first-order chi connectivity index (χ1) is 15.0. The zero-order chi connectivity index (χ0) is 21.5. The maximum atomic E-state index is 13.8. The Labute approximate surface area is 177 Å². The first kappa shape index (κ1) is 19.1. The minimum Gasteiger partial charge on any atom is -0.494 e. The van der Waals surface area contributed by atoms with Gasteiger partial charge in [-0.3, -0.25) is 4.79 Å². The molecule has 2 aromatic heterocycles. The number of rotatable bonds is 6. The Hall–Kier alpha value is -3.88. The van der Waals surface area contributed by atoms with Crippen LogP contribution in [0.4, 0.5) is 21.7 Å². The SMILES string of the molecule is C=C1NC(=O)C/C1=C\c1cnn2c(NC3CC3)cc(Nc3ccc(F)c(OC)c3)nc12. The number of amides is 1. The predicted octanol–water partition coefficient (Wildman–Crippen LogP) is 3.61. The van der Waals surface area contributed by atoms with E-state index in [-0.39, 0.29) is 18.1 Å². The number of allylic oxidation sites excluding steroid dienone is 1. The molecule has 158 valence electrons. The van der Waals surface area contributed by atoms with Crippen molar-refractivity contribution in [1.29, 1.82) is 0 Å². The molecule has 0 spiro atoms. The summed E-state index contributed by atoms with van der Waals surface area (Å²) in [6.45, 7) is 3.89. The van der Waals surface area contributed by atoms with Crippen LogP contribution in [-0.2, 0) is 4.79 Å². The van der Waals surface area contributed by atoms with Gasteiger partial charge in [0.2, 0.25) is 5.91 Å². The number of halogens is 1. The van der Waals surface area contributed by atoms with Crippen LogP contribution in [0.25, 0.3) is 11.7 Å². The first-order valence-corrected chi connectivity index (χ1v) is 9.96. The molecule has 2 fully saturated rings. The maximum absolute atomic E-state index is 13.8. The van der Waals surface area contributed by atoms with E-state index in [0.717, 1.165) is 29.8 Å². The Balaban J connectivity index is 1.56. The van der Waals surface area contributed by atoms with E-state index < -0.39 is 5.82 Å². The average Bonchev–Trinajstić information content (AvgIpc) is 3.38. The highest BCUT2D eigenvalue weighted by atomic mass is 19.1. The number of nitrogens with zero attached hydrogens (tertiary/aromatic N) is 3. The number of fused-ring (bicyclic) bond motifs is 1. The molecule has 8 nitrogen and oxygen atoms in total. The molecule has 0 bridgehead atoms. The molecule has 9 heteroatoms. The van der Waals surface area contributed by atoms with E-state index in [1.54, 1.807) is 22.8 Å². The molecule has 0 radical (unpaired) electrons. The van der Waals surface area contributed by atoms with Crippen LogP contribution in [0.1, 0.15) is 24.8 Å². The summed E-state index contributed by atoms with van der Waals surface area (Å²) in [6.07, 6.45) is 6.08. The van der Waals surface area contributed by atoms with Crippen molar-refractivity contribution < 1.29 is 13.9 Å². The summed E-state index contributed by atoms with van der Waals surface area (Å²) in [5.74, 6) is 1.01. The molecule has 31 heavy (non-hydrogen) atoms. The first-order valence-electron chi connectivity index (χ1n) is 9.96. The van der Waals surface area contributed by atoms with Gasteiger partial charge in [-0.15, -0.1) is 0 Å². The number of benzene rings is 1. The molecule has 3 aromatic rings. The molecule has 3 heterocycles. The van der Waals surface area contributed by atoms with Crippen molar-refractivity contribution in [2.75, 3.05) is 17.7 Å². The largest absolute Gasteiger partial charge is 0.494 e. The molecule has 5 rings (SSSR count). The number of nitrogens with one attached hydrogen (secondary N) is 3. The number of anilines is 3. The van der Waals surface area contributed by atoms with Crippen LogP contribution in [0, 0.1) is 5.82 Å². The highest BCUT2D eigenvalue weighted by Crippen LogP contribution is 2.30. The molecule has 1 aromatic carbocycles. The lowest BCUT2D eigenvalue weighted by Gasteiger charge is -2.12. The summed E-state index contributed by atoms with van der Waals surface area (Å²) in [5, 5.41) is 13.9. The van der Waals surface area contributed by atoms with Crippen LogP contribution >= 0.6 is 0 Å². The van der Waals surface area contributed by atoms with Gasteiger partial charge in [0.25, 0.3) is 0 Å². The van der Waals surface area contributed by atoms with E-state index in [0.29, 0.717) is 28.9 Å². The quantitative estimate of drug-likeness (QED) is 0.564. The minimum atomic E-state index is -0.433. The molecule has 0 unspecified atom stereocenters. The van der Waals surface area contributed by atoms with Crippen LogP contribution in [0.3, 0.4) is 0 Å². The van der Waals surface area contributed by atoms with Gasteiger partial charge in [-0.25, -0.2) is 9.37 Å². The van der Waals surface area contributed by atoms with Crippen molar-refractivity contribution in [2.45, 2.75) is 25.3 Å². The van der Waals surface area contributed by atoms with Gasteiger partial charge in [0.1, 0.15) is 11.6 Å². The molecular weight excluding hydrogens is 399 g/mol. The van der Waals surface area contributed by atoms with E-state index in [1.165, 1.54) is 13.2 Å². The number of ether oxygens (including phenoxy) is 1. The smallest absolute Gasteiger partial charge is 0.228 e. The second-order valence-corrected chi connectivity index (χ2v) is 7.63. The average molecular weight is 420 g/mol. The number of hydrogen-bond acceptors (Lipinski definition) is 6. The summed E-state index contributed by atoms with van der Waals surface area (Å²) in [6, 6.07) is 6.81. The highest BCUT2D eigenvalue weighted by Gasteiger charge is 2.24. The zero-order valence-corrected chi connectivity index (χ0v) is 16.9. The minimum absolute atomic E-state index is 0.0793. The Morgan fingerprint density at radius 1 is 1.35 bits per heavy atom. The van der Waals surface area contributed by atoms with Crippen molar-refractivity contribution in [2.24, 2.45) is 0 Å². The number of aromatic nitrogens is 3. The summed E-state index contributed by atoms with van der Waals surface area (Å²) in [5.41, 5.74) is 3.44.